The van der Waals surface area contributed by atoms with Crippen molar-refractivity contribution in [2.24, 2.45) is 0 Å². The van der Waals surface area contributed by atoms with Crippen molar-refractivity contribution >= 4 is 23.5 Å². The van der Waals surface area contributed by atoms with E-state index in [4.69, 9.17) is 21.1 Å². The van der Waals surface area contributed by atoms with Crippen LogP contribution in [0.15, 0.2) is 48.5 Å². The van der Waals surface area contributed by atoms with Crippen LogP contribution < -0.4 is 10.1 Å². The van der Waals surface area contributed by atoms with Crippen LogP contribution in [-0.2, 0) is 9.53 Å². The predicted octanol–water partition coefficient (Wildman–Crippen LogP) is 4.16. The summed E-state index contributed by atoms with van der Waals surface area (Å²) in [5.74, 6) is -0.262. The molecule has 138 valence electrons. The molecule has 2 aromatic carbocycles. The summed E-state index contributed by atoms with van der Waals surface area (Å²) in [5, 5.41) is 3.40. The quantitative estimate of drug-likeness (QED) is 0.738. The number of ether oxygens (including phenoxy) is 2. The molecule has 0 aliphatic heterocycles. The van der Waals surface area contributed by atoms with Gasteiger partial charge in [-0.2, -0.15) is 0 Å². The second kappa shape index (κ2) is 9.25. The summed E-state index contributed by atoms with van der Waals surface area (Å²) in [7, 11) is 0. The zero-order chi connectivity index (χ0) is 19.1. The fourth-order valence-electron chi connectivity index (χ4n) is 2.27. The summed E-state index contributed by atoms with van der Waals surface area (Å²) in [6.45, 7) is 5.34. The molecule has 1 amide bonds. The van der Waals surface area contributed by atoms with Gasteiger partial charge in [0.2, 0.25) is 0 Å². The van der Waals surface area contributed by atoms with E-state index in [1.165, 1.54) is 0 Å². The Labute approximate surface area is 158 Å². The highest BCUT2D eigenvalue weighted by Crippen LogP contribution is 2.16. The average Bonchev–Trinajstić information content (AvgIpc) is 2.60. The maximum Gasteiger partial charge on any atom is 0.338 e. The molecule has 2 rings (SSSR count). The van der Waals surface area contributed by atoms with Crippen molar-refractivity contribution in [2.75, 3.05) is 6.61 Å². The monoisotopic (exact) mass is 375 g/mol. The highest BCUT2D eigenvalue weighted by atomic mass is 35.5. The number of nitrogens with one attached hydrogen (secondary N) is 1. The summed E-state index contributed by atoms with van der Waals surface area (Å²) < 4.78 is 10.6. The van der Waals surface area contributed by atoms with Gasteiger partial charge in [-0.3, -0.25) is 4.79 Å². The number of rotatable bonds is 7. The third kappa shape index (κ3) is 6.08. The standard InChI is InChI=1S/C20H22ClNO4/c1-13(2)26-18-10-6-16(7-11-18)20(24)25-12-19(23)22-14(3)15-4-8-17(21)9-5-15/h4-11,13-14H,12H2,1-3H3,(H,22,23)/t14-/m0/s1. The molecular weight excluding hydrogens is 354 g/mol. The number of amides is 1. The Hall–Kier alpha value is -2.53. The van der Waals surface area contributed by atoms with Crippen molar-refractivity contribution < 1.29 is 19.1 Å². The van der Waals surface area contributed by atoms with Gasteiger partial charge in [-0.05, 0) is 62.7 Å². The lowest BCUT2D eigenvalue weighted by atomic mass is 10.1. The normalized spacial score (nSPS) is 11.7. The molecule has 0 spiro atoms. The second-order valence-electron chi connectivity index (χ2n) is 6.11. The van der Waals surface area contributed by atoms with Gasteiger partial charge in [0.1, 0.15) is 5.75 Å². The topological polar surface area (TPSA) is 64.6 Å². The number of halogens is 1. The van der Waals surface area contributed by atoms with E-state index in [0.717, 1.165) is 5.56 Å². The van der Waals surface area contributed by atoms with Crippen molar-refractivity contribution in [1.29, 1.82) is 0 Å². The Morgan fingerprint density at radius 1 is 1.00 bits per heavy atom. The first-order valence-corrected chi connectivity index (χ1v) is 8.71. The number of carbonyl (C=O) groups excluding carboxylic acids is 2. The molecule has 0 aromatic heterocycles. The van der Waals surface area contributed by atoms with Crippen LogP contribution in [0.4, 0.5) is 0 Å². The summed E-state index contributed by atoms with van der Waals surface area (Å²) in [4.78, 5) is 24.0. The number of benzene rings is 2. The molecule has 2 aromatic rings. The Morgan fingerprint density at radius 3 is 2.19 bits per heavy atom. The molecule has 26 heavy (non-hydrogen) atoms. The molecular formula is C20H22ClNO4. The molecule has 0 saturated heterocycles. The van der Waals surface area contributed by atoms with E-state index >= 15 is 0 Å². The highest BCUT2D eigenvalue weighted by molar-refractivity contribution is 6.30. The zero-order valence-electron chi connectivity index (χ0n) is 15.0. The van der Waals surface area contributed by atoms with E-state index in [-0.39, 0.29) is 24.7 Å². The number of esters is 1. The lowest BCUT2D eigenvalue weighted by Gasteiger charge is -2.14. The van der Waals surface area contributed by atoms with Gasteiger partial charge in [0.15, 0.2) is 6.61 Å². The van der Waals surface area contributed by atoms with Gasteiger partial charge < -0.3 is 14.8 Å². The van der Waals surface area contributed by atoms with E-state index in [1.807, 2.05) is 32.9 Å². The molecule has 0 heterocycles. The average molecular weight is 376 g/mol. The minimum Gasteiger partial charge on any atom is -0.491 e. The fourth-order valence-corrected chi connectivity index (χ4v) is 2.40. The van der Waals surface area contributed by atoms with Crippen molar-refractivity contribution in [1.82, 2.24) is 5.32 Å². The van der Waals surface area contributed by atoms with Gasteiger partial charge in [-0.15, -0.1) is 0 Å². The van der Waals surface area contributed by atoms with Crippen LogP contribution in [0.25, 0.3) is 0 Å². The van der Waals surface area contributed by atoms with E-state index in [0.29, 0.717) is 16.3 Å². The number of hydrogen-bond acceptors (Lipinski definition) is 4. The molecule has 6 heteroatoms. The zero-order valence-corrected chi connectivity index (χ0v) is 15.7. The third-order valence-corrected chi connectivity index (χ3v) is 3.80. The first-order chi connectivity index (χ1) is 12.3. The van der Waals surface area contributed by atoms with Crippen LogP contribution in [0.3, 0.4) is 0 Å². The van der Waals surface area contributed by atoms with Crippen LogP contribution >= 0.6 is 11.6 Å². The van der Waals surface area contributed by atoms with Crippen molar-refractivity contribution in [2.45, 2.75) is 32.9 Å². The molecule has 0 unspecified atom stereocenters. The molecule has 0 radical (unpaired) electrons. The smallest absolute Gasteiger partial charge is 0.338 e. The summed E-state index contributed by atoms with van der Waals surface area (Å²) in [6.07, 6.45) is 0.0547. The molecule has 0 saturated carbocycles. The number of carbonyl (C=O) groups is 2. The lowest BCUT2D eigenvalue weighted by Crippen LogP contribution is -2.31. The third-order valence-electron chi connectivity index (χ3n) is 3.54. The molecule has 5 nitrogen and oxygen atoms in total. The summed E-state index contributed by atoms with van der Waals surface area (Å²) >= 11 is 5.85. The second-order valence-corrected chi connectivity index (χ2v) is 6.54. The Bertz CT molecular complexity index is 741. The van der Waals surface area contributed by atoms with E-state index in [9.17, 15) is 9.59 Å². The van der Waals surface area contributed by atoms with Crippen LogP contribution in [-0.4, -0.2) is 24.6 Å². The van der Waals surface area contributed by atoms with Gasteiger partial charge >= 0.3 is 5.97 Å². The van der Waals surface area contributed by atoms with E-state index in [2.05, 4.69) is 5.32 Å². The Kier molecular flexibility index (Phi) is 7.04. The maximum atomic E-state index is 12.0. The van der Waals surface area contributed by atoms with Crippen molar-refractivity contribution in [3.63, 3.8) is 0 Å². The largest absolute Gasteiger partial charge is 0.491 e. The summed E-state index contributed by atoms with van der Waals surface area (Å²) in [6, 6.07) is 13.6. The van der Waals surface area contributed by atoms with Crippen LogP contribution in [0, 0.1) is 0 Å². The van der Waals surface area contributed by atoms with Gasteiger partial charge in [-0.1, -0.05) is 23.7 Å². The summed E-state index contributed by atoms with van der Waals surface area (Å²) in [5.41, 5.74) is 1.27. The maximum absolute atomic E-state index is 12.0. The van der Waals surface area contributed by atoms with Crippen LogP contribution in [0.5, 0.6) is 5.75 Å². The van der Waals surface area contributed by atoms with E-state index in [1.54, 1.807) is 36.4 Å². The molecule has 0 aliphatic carbocycles. The molecule has 1 atom stereocenters. The molecule has 1 N–H and O–H groups in total. The van der Waals surface area contributed by atoms with Crippen LogP contribution in [0.1, 0.15) is 42.7 Å². The first kappa shape index (κ1) is 19.8. The van der Waals surface area contributed by atoms with Crippen LogP contribution in [0.2, 0.25) is 5.02 Å². The predicted molar refractivity (Wildman–Crippen MR) is 100 cm³/mol. The van der Waals surface area contributed by atoms with Crippen molar-refractivity contribution in [3.05, 3.63) is 64.7 Å². The minimum absolute atomic E-state index is 0.0547. The minimum atomic E-state index is -0.560. The first-order valence-electron chi connectivity index (χ1n) is 8.34. The van der Waals surface area contributed by atoms with Gasteiger partial charge in [-0.25, -0.2) is 4.79 Å². The van der Waals surface area contributed by atoms with Gasteiger partial charge in [0.25, 0.3) is 5.91 Å². The van der Waals surface area contributed by atoms with E-state index < -0.39 is 5.97 Å². The SMILES string of the molecule is CC(C)Oc1ccc(C(=O)OCC(=O)N[C@@H](C)c2ccc(Cl)cc2)cc1. The number of hydrogen-bond donors (Lipinski definition) is 1. The molecule has 0 bridgehead atoms. The highest BCUT2D eigenvalue weighted by Gasteiger charge is 2.13. The Morgan fingerprint density at radius 2 is 1.62 bits per heavy atom. The Balaban J connectivity index is 1.82. The van der Waals surface area contributed by atoms with Gasteiger partial charge in [0.05, 0.1) is 17.7 Å². The molecule has 0 aliphatic rings. The molecule has 0 fully saturated rings. The lowest BCUT2D eigenvalue weighted by molar-refractivity contribution is -0.124. The van der Waals surface area contributed by atoms with Gasteiger partial charge in [0, 0.05) is 5.02 Å². The van der Waals surface area contributed by atoms with Crippen molar-refractivity contribution in [3.8, 4) is 5.75 Å². The fraction of sp³-hybridized carbons (Fsp3) is 0.300.